The Kier molecular flexibility index (Phi) is 21.9. The van der Waals surface area contributed by atoms with Gasteiger partial charge in [0.2, 0.25) is 17.7 Å². The Bertz CT molecular complexity index is 1570. The van der Waals surface area contributed by atoms with Gasteiger partial charge in [-0.15, -0.1) is 0 Å². The van der Waals surface area contributed by atoms with Crippen LogP contribution in [0.2, 0.25) is 0 Å². The van der Waals surface area contributed by atoms with Crippen LogP contribution in [-0.2, 0) is 30.0 Å². The third-order valence-corrected chi connectivity index (χ3v) is 11.3. The minimum atomic E-state index is -1.24. The molecule has 17 heteroatoms. The molecule has 60 heavy (non-hydrogen) atoms. The number of nitrogens with one attached hydrogen (secondary N) is 4. The van der Waals surface area contributed by atoms with E-state index in [4.69, 9.17) is 27.7 Å². The number of nitrogens with zero attached hydrogens (tertiary/aromatic N) is 2. The van der Waals surface area contributed by atoms with E-state index in [1.54, 1.807) is 12.1 Å². The standard InChI is InChI=1S/C43H78N10O7/c1-12-43(13-2,26(3)4)27(5)18-21-60-34(55)25-50-33(54)24-51-37(58)31(16-14-19-48-39(44)45)53-38(59)32(17-15-20-49-40(46)47)52-36(57)28-22-29(41(6,7)8)35(56)30(23-28)42(9,10)11/h22-23,26-27,31-32,34,55-56H,12-21,24-25H2,1-11H3,(H,50,54)(H,51,58)(H,52,57)(H,53,59)(H4,44,45,48)(H4,46,47,49). The minimum absolute atomic E-state index is 0.0889. The molecule has 17 nitrogen and oxygen atoms in total. The van der Waals surface area contributed by atoms with Gasteiger partial charge in [-0.1, -0.05) is 76.2 Å². The highest BCUT2D eigenvalue weighted by Crippen LogP contribution is 2.44. The van der Waals surface area contributed by atoms with Crippen molar-refractivity contribution in [3.8, 4) is 5.75 Å². The second-order valence-electron chi connectivity index (χ2n) is 18.0. The van der Waals surface area contributed by atoms with Crippen LogP contribution in [0.4, 0.5) is 0 Å². The molecule has 0 aliphatic rings. The molecule has 1 aromatic carbocycles. The largest absolute Gasteiger partial charge is 0.507 e. The number of carbonyl (C=O) groups is 4. The zero-order valence-corrected chi connectivity index (χ0v) is 38.2. The highest BCUT2D eigenvalue weighted by molar-refractivity contribution is 5.99. The van der Waals surface area contributed by atoms with Crippen LogP contribution in [-0.4, -0.2) is 96.9 Å². The second kappa shape index (κ2) is 24.6. The number of ether oxygens (including phenoxy) is 1. The van der Waals surface area contributed by atoms with Gasteiger partial charge < -0.3 is 59.2 Å². The van der Waals surface area contributed by atoms with Crippen LogP contribution in [0.15, 0.2) is 22.1 Å². The first kappa shape index (κ1) is 53.4. The molecule has 4 unspecified atom stereocenters. The molecule has 0 saturated heterocycles. The first-order chi connectivity index (χ1) is 27.8. The number of phenols is 1. The Morgan fingerprint density at radius 3 is 1.67 bits per heavy atom. The van der Waals surface area contributed by atoms with Crippen LogP contribution >= 0.6 is 0 Å². The number of guanidine groups is 2. The topological polar surface area (TPSA) is 295 Å². The lowest BCUT2D eigenvalue weighted by Gasteiger charge is -2.42. The Labute approximate surface area is 358 Å². The molecule has 1 aromatic rings. The van der Waals surface area contributed by atoms with Crippen LogP contribution < -0.4 is 44.2 Å². The maximum absolute atomic E-state index is 13.9. The number of amides is 4. The van der Waals surface area contributed by atoms with Crippen LogP contribution in [0, 0.1) is 17.3 Å². The van der Waals surface area contributed by atoms with Crippen molar-refractivity contribution in [2.45, 2.75) is 150 Å². The number of aliphatic hydroxyl groups excluding tert-OH is 1. The van der Waals surface area contributed by atoms with Gasteiger partial charge in [0.05, 0.1) is 19.7 Å². The maximum atomic E-state index is 13.9. The molecule has 4 amide bonds. The molecule has 0 heterocycles. The number of aliphatic imine (C=N–C) groups is 2. The van der Waals surface area contributed by atoms with Crippen LogP contribution in [0.1, 0.15) is 143 Å². The zero-order chi connectivity index (χ0) is 46.0. The van der Waals surface area contributed by atoms with Gasteiger partial charge in [-0.25, -0.2) is 0 Å². The molecular formula is C43H78N10O7. The van der Waals surface area contributed by atoms with E-state index < -0.39 is 59.4 Å². The summed E-state index contributed by atoms with van der Waals surface area (Å²) in [5.41, 5.74) is 22.5. The summed E-state index contributed by atoms with van der Waals surface area (Å²) >= 11 is 0. The molecule has 14 N–H and O–H groups in total. The molecule has 4 atom stereocenters. The molecule has 0 aliphatic heterocycles. The number of rotatable bonds is 25. The lowest BCUT2D eigenvalue weighted by Crippen LogP contribution is -2.54. The van der Waals surface area contributed by atoms with Crippen molar-refractivity contribution < 1.29 is 34.1 Å². The SMILES string of the molecule is CCC(CC)(C(C)C)C(C)CCOC(O)CNC(=O)CNC(=O)C(CCCN=C(N)N)NC(=O)C(CCCN=C(N)N)NC(=O)c1cc(C(C)(C)C)c(O)c(C(C)(C)C)c1. The van der Waals surface area contributed by atoms with E-state index in [0.29, 0.717) is 42.4 Å². The zero-order valence-electron chi connectivity index (χ0n) is 38.2. The van der Waals surface area contributed by atoms with Crippen molar-refractivity contribution in [1.29, 1.82) is 0 Å². The predicted octanol–water partition coefficient (Wildman–Crippen LogP) is 2.73. The monoisotopic (exact) mass is 847 g/mol. The van der Waals surface area contributed by atoms with Crippen molar-refractivity contribution in [3.05, 3.63) is 28.8 Å². The number of aromatic hydroxyl groups is 1. The molecule has 0 radical (unpaired) electrons. The Balaban J connectivity index is 3.16. The van der Waals surface area contributed by atoms with E-state index in [-0.39, 0.29) is 61.1 Å². The summed E-state index contributed by atoms with van der Waals surface area (Å²) in [7, 11) is 0. The summed E-state index contributed by atoms with van der Waals surface area (Å²) in [6, 6.07) is 0.942. The summed E-state index contributed by atoms with van der Waals surface area (Å²) in [6.07, 6.45) is 2.40. The average Bonchev–Trinajstić information content (AvgIpc) is 3.14. The maximum Gasteiger partial charge on any atom is 0.251 e. The molecule has 0 fully saturated rings. The fourth-order valence-electron chi connectivity index (χ4n) is 7.58. The summed E-state index contributed by atoms with van der Waals surface area (Å²) in [6.45, 7) is 22.7. The minimum Gasteiger partial charge on any atom is -0.507 e. The van der Waals surface area contributed by atoms with E-state index >= 15 is 0 Å². The number of phenolic OH excluding ortho intramolecular Hbond substituents is 1. The van der Waals surface area contributed by atoms with E-state index in [9.17, 15) is 29.4 Å². The van der Waals surface area contributed by atoms with Gasteiger partial charge in [0.1, 0.15) is 17.8 Å². The number of hydrogen-bond acceptors (Lipinski definition) is 9. The highest BCUT2D eigenvalue weighted by Gasteiger charge is 2.36. The molecule has 1 rings (SSSR count). The Morgan fingerprint density at radius 1 is 0.750 bits per heavy atom. The van der Waals surface area contributed by atoms with E-state index in [1.165, 1.54) is 0 Å². The fraction of sp³-hybridized carbons (Fsp3) is 0.721. The lowest BCUT2D eigenvalue weighted by atomic mass is 9.64. The first-order valence-electron chi connectivity index (χ1n) is 21.2. The van der Waals surface area contributed by atoms with Gasteiger partial charge in [-0.3, -0.25) is 29.2 Å². The quantitative estimate of drug-likeness (QED) is 0.0295. The normalized spacial score (nSPS) is 14.0. The number of benzene rings is 1. The van der Waals surface area contributed by atoms with Crippen molar-refractivity contribution in [3.63, 3.8) is 0 Å². The fourth-order valence-corrected chi connectivity index (χ4v) is 7.58. The Hall–Kier alpha value is -4.64. The third-order valence-electron chi connectivity index (χ3n) is 11.3. The predicted molar refractivity (Wildman–Crippen MR) is 238 cm³/mol. The van der Waals surface area contributed by atoms with Crippen molar-refractivity contribution in [2.24, 2.45) is 50.2 Å². The van der Waals surface area contributed by atoms with Gasteiger partial charge in [-0.2, -0.15) is 0 Å². The molecule has 342 valence electrons. The Morgan fingerprint density at radius 2 is 1.23 bits per heavy atom. The van der Waals surface area contributed by atoms with Gasteiger partial charge in [-0.05, 0) is 85.2 Å². The number of carbonyl (C=O) groups excluding carboxylic acids is 4. The van der Waals surface area contributed by atoms with E-state index in [0.717, 1.165) is 19.3 Å². The van der Waals surface area contributed by atoms with Crippen molar-refractivity contribution in [2.75, 3.05) is 32.8 Å². The summed E-state index contributed by atoms with van der Waals surface area (Å²) in [5, 5.41) is 32.2. The van der Waals surface area contributed by atoms with Crippen LogP contribution in [0.3, 0.4) is 0 Å². The second-order valence-corrected chi connectivity index (χ2v) is 18.0. The molecule has 0 bridgehead atoms. The molecule has 0 spiro atoms. The number of nitrogens with two attached hydrogens (primary N) is 4. The van der Waals surface area contributed by atoms with E-state index in [2.05, 4.69) is 65.9 Å². The summed E-state index contributed by atoms with van der Waals surface area (Å²) < 4.78 is 5.59. The lowest BCUT2D eigenvalue weighted by molar-refractivity contribution is -0.132. The van der Waals surface area contributed by atoms with Crippen molar-refractivity contribution in [1.82, 2.24) is 21.3 Å². The van der Waals surface area contributed by atoms with Gasteiger partial charge in [0, 0.05) is 29.8 Å². The average molecular weight is 847 g/mol. The molecule has 0 aromatic heterocycles. The summed E-state index contributed by atoms with van der Waals surface area (Å²) in [5.74, 6) is -1.76. The highest BCUT2D eigenvalue weighted by atomic mass is 16.6. The van der Waals surface area contributed by atoms with Gasteiger partial charge in [0.25, 0.3) is 5.91 Å². The smallest absolute Gasteiger partial charge is 0.251 e. The van der Waals surface area contributed by atoms with Gasteiger partial charge >= 0.3 is 0 Å². The number of aliphatic hydroxyl groups is 1. The third kappa shape index (κ3) is 17.5. The van der Waals surface area contributed by atoms with Crippen LogP contribution in [0.5, 0.6) is 5.75 Å². The first-order valence-corrected chi connectivity index (χ1v) is 21.2. The van der Waals surface area contributed by atoms with Crippen LogP contribution in [0.25, 0.3) is 0 Å². The molecular weight excluding hydrogens is 769 g/mol. The summed E-state index contributed by atoms with van der Waals surface area (Å²) in [4.78, 5) is 62.0. The van der Waals surface area contributed by atoms with Gasteiger partial charge in [0.15, 0.2) is 18.2 Å². The number of hydrogen-bond donors (Lipinski definition) is 10. The van der Waals surface area contributed by atoms with E-state index in [1.807, 2.05) is 41.5 Å². The molecule has 0 aliphatic carbocycles. The molecule has 0 saturated carbocycles. The van der Waals surface area contributed by atoms with Crippen molar-refractivity contribution >= 4 is 35.5 Å².